The molecule has 0 aromatic heterocycles. The van der Waals surface area contributed by atoms with Gasteiger partial charge in [0.05, 0.1) is 25.5 Å². The smallest absolute Gasteiger partial charge is 0.338 e. The van der Waals surface area contributed by atoms with Gasteiger partial charge < -0.3 is 14.2 Å². The molecule has 0 radical (unpaired) electrons. The van der Waals surface area contributed by atoms with Gasteiger partial charge in [-0.3, -0.25) is 4.79 Å². The van der Waals surface area contributed by atoms with Crippen molar-refractivity contribution in [2.45, 2.75) is 13.3 Å². The van der Waals surface area contributed by atoms with E-state index in [4.69, 9.17) is 14.2 Å². The normalized spacial score (nSPS) is 10.8. The highest BCUT2D eigenvalue weighted by Crippen LogP contribution is 2.26. The number of fused-ring (bicyclic) bond motifs is 1. The van der Waals surface area contributed by atoms with E-state index < -0.39 is 5.91 Å². The Hall–Kier alpha value is -3.87. The summed E-state index contributed by atoms with van der Waals surface area (Å²) in [5.41, 5.74) is 3.65. The fraction of sp³-hybridized carbons (Fsp3) is 0.208. The monoisotopic (exact) mass is 420 g/mol. The molecule has 0 aliphatic carbocycles. The maximum absolute atomic E-state index is 12.1. The Kier molecular flexibility index (Phi) is 7.59. The van der Waals surface area contributed by atoms with Crippen LogP contribution in [-0.4, -0.2) is 38.4 Å². The fourth-order valence-corrected chi connectivity index (χ4v) is 2.90. The van der Waals surface area contributed by atoms with E-state index in [0.29, 0.717) is 23.7 Å². The maximum Gasteiger partial charge on any atom is 0.338 e. The van der Waals surface area contributed by atoms with Crippen molar-refractivity contribution in [3.63, 3.8) is 0 Å². The first-order valence-electron chi connectivity index (χ1n) is 9.90. The lowest BCUT2D eigenvalue weighted by Crippen LogP contribution is -2.24. The molecule has 160 valence electrons. The minimum absolute atomic E-state index is 0.219. The van der Waals surface area contributed by atoms with Gasteiger partial charge >= 0.3 is 5.97 Å². The molecule has 31 heavy (non-hydrogen) atoms. The van der Waals surface area contributed by atoms with Crippen molar-refractivity contribution >= 4 is 28.9 Å². The van der Waals surface area contributed by atoms with E-state index in [2.05, 4.69) is 10.5 Å². The number of carbonyl (C=O) groups excluding carboxylic acids is 2. The summed E-state index contributed by atoms with van der Waals surface area (Å²) in [6.45, 7) is 2.09. The minimum Gasteiger partial charge on any atom is -0.496 e. The lowest BCUT2D eigenvalue weighted by Gasteiger charge is -2.09. The third-order valence-electron chi connectivity index (χ3n) is 4.43. The number of hydrogen-bond acceptors (Lipinski definition) is 6. The van der Waals surface area contributed by atoms with Crippen molar-refractivity contribution in [1.29, 1.82) is 0 Å². The Morgan fingerprint density at radius 3 is 2.55 bits per heavy atom. The Balaban J connectivity index is 1.56. The summed E-state index contributed by atoms with van der Waals surface area (Å²) in [4.78, 5) is 23.9. The standard InChI is InChI=1S/C24H24N2O5/c1-3-14-30-24(28)18-8-11-19(12-9-18)31-16-23(27)26-25-15-21-20-7-5-4-6-17(20)10-13-22(21)29-2/h4-13,15H,3,14,16H2,1-2H3,(H,26,27)/b25-15+. The molecule has 0 fully saturated rings. The van der Waals surface area contributed by atoms with Gasteiger partial charge in [-0.1, -0.05) is 37.3 Å². The van der Waals surface area contributed by atoms with Crippen molar-refractivity contribution in [1.82, 2.24) is 5.43 Å². The van der Waals surface area contributed by atoms with Crippen molar-refractivity contribution < 1.29 is 23.8 Å². The number of carbonyl (C=O) groups is 2. The number of nitrogens with zero attached hydrogens (tertiary/aromatic N) is 1. The average molecular weight is 420 g/mol. The summed E-state index contributed by atoms with van der Waals surface area (Å²) < 4.78 is 15.9. The van der Waals surface area contributed by atoms with Gasteiger partial charge in [-0.05, 0) is 47.5 Å². The average Bonchev–Trinajstić information content (AvgIpc) is 2.81. The van der Waals surface area contributed by atoms with E-state index >= 15 is 0 Å². The highest BCUT2D eigenvalue weighted by atomic mass is 16.5. The van der Waals surface area contributed by atoms with E-state index in [1.54, 1.807) is 37.6 Å². The molecular formula is C24H24N2O5. The SMILES string of the molecule is CCCOC(=O)c1ccc(OCC(=O)N/N=C/c2c(OC)ccc3ccccc23)cc1. The number of benzene rings is 3. The maximum atomic E-state index is 12.1. The predicted octanol–water partition coefficient (Wildman–Crippen LogP) is 3.94. The first-order valence-corrected chi connectivity index (χ1v) is 9.90. The van der Waals surface area contributed by atoms with Gasteiger partial charge in [-0.15, -0.1) is 0 Å². The Morgan fingerprint density at radius 1 is 1.03 bits per heavy atom. The summed E-state index contributed by atoms with van der Waals surface area (Å²) in [6.07, 6.45) is 2.31. The summed E-state index contributed by atoms with van der Waals surface area (Å²) in [7, 11) is 1.59. The molecule has 0 bridgehead atoms. The van der Waals surface area contributed by atoms with E-state index in [1.165, 1.54) is 0 Å². The van der Waals surface area contributed by atoms with Gasteiger partial charge in [0.25, 0.3) is 5.91 Å². The highest BCUT2D eigenvalue weighted by molar-refractivity contribution is 6.02. The molecule has 0 aliphatic rings. The van der Waals surface area contributed by atoms with Crippen LogP contribution in [0.1, 0.15) is 29.3 Å². The molecule has 3 aromatic carbocycles. The summed E-state index contributed by atoms with van der Waals surface area (Å²) in [5, 5.41) is 6.04. The second-order valence-corrected chi connectivity index (χ2v) is 6.64. The number of nitrogens with one attached hydrogen (secondary N) is 1. The molecule has 7 heteroatoms. The zero-order chi connectivity index (χ0) is 22.1. The van der Waals surface area contributed by atoms with Gasteiger partial charge in [0, 0.05) is 5.56 Å². The van der Waals surface area contributed by atoms with Crippen molar-refractivity contribution in [2.75, 3.05) is 20.3 Å². The van der Waals surface area contributed by atoms with E-state index in [0.717, 1.165) is 22.8 Å². The van der Waals surface area contributed by atoms with Gasteiger partial charge in [-0.25, -0.2) is 10.2 Å². The molecule has 0 saturated carbocycles. The van der Waals surface area contributed by atoms with E-state index in [1.807, 2.05) is 43.3 Å². The first-order chi connectivity index (χ1) is 15.1. The van der Waals surface area contributed by atoms with Crippen molar-refractivity contribution in [3.05, 3.63) is 71.8 Å². The number of amides is 1. The predicted molar refractivity (Wildman–Crippen MR) is 119 cm³/mol. The molecule has 1 N–H and O–H groups in total. The number of esters is 1. The van der Waals surface area contributed by atoms with Gasteiger partial charge in [0.2, 0.25) is 0 Å². The van der Waals surface area contributed by atoms with Crippen LogP contribution in [-0.2, 0) is 9.53 Å². The molecule has 0 saturated heterocycles. The van der Waals surface area contributed by atoms with Crippen LogP contribution in [0.3, 0.4) is 0 Å². The first kappa shape index (κ1) is 21.8. The Morgan fingerprint density at radius 2 is 1.81 bits per heavy atom. The molecule has 1 amide bonds. The van der Waals surface area contributed by atoms with Crippen molar-refractivity contribution in [3.8, 4) is 11.5 Å². The molecule has 3 aromatic rings. The molecular weight excluding hydrogens is 396 g/mol. The molecule has 0 heterocycles. The number of hydrogen-bond donors (Lipinski definition) is 1. The van der Waals surface area contributed by atoms with Crippen LogP contribution in [0.15, 0.2) is 65.8 Å². The minimum atomic E-state index is -0.415. The zero-order valence-corrected chi connectivity index (χ0v) is 17.5. The largest absolute Gasteiger partial charge is 0.496 e. The second kappa shape index (κ2) is 10.8. The topological polar surface area (TPSA) is 86.2 Å². The van der Waals surface area contributed by atoms with E-state index in [-0.39, 0.29) is 12.6 Å². The van der Waals surface area contributed by atoms with Gasteiger partial charge in [-0.2, -0.15) is 5.10 Å². The van der Waals surface area contributed by atoms with E-state index in [9.17, 15) is 9.59 Å². The van der Waals surface area contributed by atoms with Crippen LogP contribution in [0, 0.1) is 0 Å². The second-order valence-electron chi connectivity index (χ2n) is 6.64. The number of ether oxygens (including phenoxy) is 3. The van der Waals surface area contributed by atoms with Gasteiger partial charge in [0.15, 0.2) is 6.61 Å². The summed E-state index contributed by atoms with van der Waals surface area (Å²) >= 11 is 0. The van der Waals surface area contributed by atoms with Crippen LogP contribution < -0.4 is 14.9 Å². The zero-order valence-electron chi connectivity index (χ0n) is 17.5. The third-order valence-corrected chi connectivity index (χ3v) is 4.43. The lowest BCUT2D eigenvalue weighted by molar-refractivity contribution is -0.123. The lowest BCUT2D eigenvalue weighted by atomic mass is 10.0. The number of methoxy groups -OCH3 is 1. The van der Waals surface area contributed by atoms with Crippen LogP contribution in [0.4, 0.5) is 0 Å². The highest BCUT2D eigenvalue weighted by Gasteiger charge is 2.08. The number of hydrazone groups is 1. The molecule has 0 unspecified atom stereocenters. The molecule has 3 rings (SSSR count). The third kappa shape index (κ3) is 5.82. The molecule has 0 atom stereocenters. The van der Waals surface area contributed by atoms with Crippen LogP contribution in [0.2, 0.25) is 0 Å². The molecule has 7 nitrogen and oxygen atoms in total. The fourth-order valence-electron chi connectivity index (χ4n) is 2.90. The quantitative estimate of drug-likeness (QED) is 0.322. The van der Waals surface area contributed by atoms with Crippen LogP contribution >= 0.6 is 0 Å². The summed E-state index contributed by atoms with van der Waals surface area (Å²) in [6, 6.07) is 18.1. The van der Waals surface area contributed by atoms with Gasteiger partial charge in [0.1, 0.15) is 11.5 Å². The van der Waals surface area contributed by atoms with Crippen molar-refractivity contribution in [2.24, 2.45) is 5.10 Å². The Labute approximate surface area is 180 Å². The number of rotatable bonds is 9. The molecule has 0 spiro atoms. The molecule has 0 aliphatic heterocycles. The van der Waals surface area contributed by atoms with Crippen LogP contribution in [0.25, 0.3) is 10.8 Å². The van der Waals surface area contributed by atoms with Crippen LogP contribution in [0.5, 0.6) is 11.5 Å². The summed E-state index contributed by atoms with van der Waals surface area (Å²) in [5.74, 6) is 0.318. The Bertz CT molecular complexity index is 1080.